The number of phenolic OH excluding ortho intramolecular Hbond substituents is 1. The molecule has 0 aromatic heterocycles. The molecule has 1 atom stereocenters. The zero-order chi connectivity index (χ0) is 18.7. The fourth-order valence-electron chi connectivity index (χ4n) is 2.96. The quantitative estimate of drug-likeness (QED) is 0.627. The molecule has 0 bridgehead atoms. The van der Waals surface area contributed by atoms with Crippen LogP contribution in [0.15, 0.2) is 36.4 Å². The van der Waals surface area contributed by atoms with Gasteiger partial charge in [0.1, 0.15) is 17.6 Å². The zero-order valence-corrected chi connectivity index (χ0v) is 15.1. The van der Waals surface area contributed by atoms with Crippen molar-refractivity contribution in [3.63, 3.8) is 0 Å². The number of hydrogen-bond donors (Lipinski definition) is 1. The molecule has 5 nitrogen and oxygen atoms in total. The summed E-state index contributed by atoms with van der Waals surface area (Å²) >= 11 is 0. The lowest BCUT2D eigenvalue weighted by Gasteiger charge is -2.10. The van der Waals surface area contributed by atoms with Gasteiger partial charge in [0.25, 0.3) is 0 Å². The number of carbonyl (C=O) groups is 1. The molecule has 0 saturated heterocycles. The molecule has 3 rings (SSSR count). The Labute approximate surface area is 152 Å². The maximum Gasteiger partial charge on any atom is 0.185 e. The standard InChI is InChI=1S/C21H22O5/c1-4-25-19-12-16-9-13(2)26-20(16)11-15(19)6-7-17(22)14-5-8-18(23)21(10-14)24-3/h5-8,10-13,23H,4,9H2,1-3H3. The molecule has 0 spiro atoms. The van der Waals surface area contributed by atoms with Crippen LogP contribution < -0.4 is 14.2 Å². The first-order valence-electron chi connectivity index (χ1n) is 8.57. The molecule has 5 heteroatoms. The van der Waals surface area contributed by atoms with E-state index in [0.29, 0.717) is 12.2 Å². The first-order chi connectivity index (χ1) is 12.5. The number of carbonyl (C=O) groups excluding carboxylic acids is 1. The van der Waals surface area contributed by atoms with Crippen LogP contribution in [0.2, 0.25) is 0 Å². The zero-order valence-electron chi connectivity index (χ0n) is 15.1. The Morgan fingerprint density at radius 1 is 1.31 bits per heavy atom. The van der Waals surface area contributed by atoms with Gasteiger partial charge in [0.05, 0.1) is 13.7 Å². The fraction of sp³-hybridized carbons (Fsp3) is 0.286. The van der Waals surface area contributed by atoms with Crippen LogP contribution in [-0.2, 0) is 6.42 Å². The van der Waals surface area contributed by atoms with Crippen molar-refractivity contribution >= 4 is 11.9 Å². The highest BCUT2D eigenvalue weighted by atomic mass is 16.5. The number of benzene rings is 2. The predicted molar refractivity (Wildman–Crippen MR) is 99.4 cm³/mol. The molecule has 1 N–H and O–H groups in total. The molecule has 1 aliphatic heterocycles. The molecule has 2 aromatic carbocycles. The number of ether oxygens (including phenoxy) is 3. The Morgan fingerprint density at radius 2 is 2.12 bits per heavy atom. The smallest absolute Gasteiger partial charge is 0.185 e. The minimum atomic E-state index is -0.194. The summed E-state index contributed by atoms with van der Waals surface area (Å²) in [5, 5.41) is 9.65. The van der Waals surface area contributed by atoms with Crippen molar-refractivity contribution in [2.45, 2.75) is 26.4 Å². The van der Waals surface area contributed by atoms with Gasteiger partial charge < -0.3 is 19.3 Å². The first kappa shape index (κ1) is 17.9. The molecule has 26 heavy (non-hydrogen) atoms. The highest BCUT2D eigenvalue weighted by Gasteiger charge is 2.21. The Kier molecular flexibility index (Phi) is 5.16. The van der Waals surface area contributed by atoms with Crippen molar-refractivity contribution in [2.75, 3.05) is 13.7 Å². The number of phenols is 1. The van der Waals surface area contributed by atoms with Crippen LogP contribution in [0.25, 0.3) is 6.08 Å². The molecule has 0 amide bonds. The molecule has 136 valence electrons. The van der Waals surface area contributed by atoms with Crippen molar-refractivity contribution in [2.24, 2.45) is 0 Å². The van der Waals surface area contributed by atoms with E-state index in [0.717, 1.165) is 29.0 Å². The van der Waals surface area contributed by atoms with Crippen LogP contribution in [0.1, 0.15) is 35.3 Å². The molecule has 1 aliphatic rings. The Morgan fingerprint density at radius 3 is 2.85 bits per heavy atom. The van der Waals surface area contributed by atoms with Crippen LogP contribution >= 0.6 is 0 Å². The van der Waals surface area contributed by atoms with Gasteiger partial charge in [-0.15, -0.1) is 0 Å². The fourth-order valence-corrected chi connectivity index (χ4v) is 2.96. The lowest BCUT2D eigenvalue weighted by atomic mass is 10.0. The summed E-state index contributed by atoms with van der Waals surface area (Å²) in [6, 6.07) is 8.40. The largest absolute Gasteiger partial charge is 0.504 e. The predicted octanol–water partition coefficient (Wildman–Crippen LogP) is 4.02. The summed E-state index contributed by atoms with van der Waals surface area (Å²) in [5.74, 6) is 1.63. The maximum absolute atomic E-state index is 12.5. The first-order valence-corrected chi connectivity index (χ1v) is 8.57. The third-order valence-corrected chi connectivity index (χ3v) is 4.21. The van der Waals surface area contributed by atoms with E-state index >= 15 is 0 Å². The van der Waals surface area contributed by atoms with Gasteiger partial charge in [0.15, 0.2) is 17.3 Å². The van der Waals surface area contributed by atoms with Crippen molar-refractivity contribution < 1.29 is 24.1 Å². The second-order valence-electron chi connectivity index (χ2n) is 6.15. The van der Waals surface area contributed by atoms with E-state index in [1.807, 2.05) is 26.0 Å². The van der Waals surface area contributed by atoms with Gasteiger partial charge in [-0.25, -0.2) is 0 Å². The molecule has 2 aromatic rings. The second kappa shape index (κ2) is 7.52. The molecule has 0 saturated carbocycles. The Hall–Kier alpha value is -2.95. The monoisotopic (exact) mass is 354 g/mol. The summed E-state index contributed by atoms with van der Waals surface area (Å²) in [5.41, 5.74) is 2.34. The summed E-state index contributed by atoms with van der Waals surface area (Å²) in [4.78, 5) is 12.5. The third kappa shape index (κ3) is 3.67. The second-order valence-corrected chi connectivity index (χ2v) is 6.15. The van der Waals surface area contributed by atoms with Gasteiger partial charge in [-0.3, -0.25) is 4.79 Å². The number of hydrogen-bond acceptors (Lipinski definition) is 5. The average Bonchev–Trinajstić information content (AvgIpc) is 2.99. The van der Waals surface area contributed by atoms with Gasteiger partial charge in [-0.05, 0) is 56.3 Å². The van der Waals surface area contributed by atoms with Crippen LogP contribution in [-0.4, -0.2) is 30.7 Å². The number of rotatable bonds is 6. The summed E-state index contributed by atoms with van der Waals surface area (Å²) in [6.45, 7) is 4.49. The molecule has 0 radical (unpaired) electrons. The van der Waals surface area contributed by atoms with Gasteiger partial charge in [-0.2, -0.15) is 0 Å². The third-order valence-electron chi connectivity index (χ3n) is 4.21. The Bertz CT molecular complexity index is 854. The highest BCUT2D eigenvalue weighted by Crippen LogP contribution is 2.36. The van der Waals surface area contributed by atoms with E-state index in [2.05, 4.69) is 0 Å². The molecule has 1 unspecified atom stereocenters. The normalized spacial score (nSPS) is 15.6. The van der Waals surface area contributed by atoms with E-state index in [-0.39, 0.29) is 23.4 Å². The van der Waals surface area contributed by atoms with Crippen LogP contribution in [0, 0.1) is 0 Å². The van der Waals surface area contributed by atoms with Gasteiger partial charge >= 0.3 is 0 Å². The SMILES string of the molecule is CCOc1cc2c(cc1C=CC(=O)c1ccc(O)c(OC)c1)OC(C)C2. The van der Waals surface area contributed by atoms with Crippen LogP contribution in [0.4, 0.5) is 0 Å². The molecule has 0 fully saturated rings. The number of ketones is 1. The van der Waals surface area contributed by atoms with E-state index in [9.17, 15) is 9.90 Å². The molecule has 0 aliphatic carbocycles. The van der Waals surface area contributed by atoms with E-state index in [1.54, 1.807) is 12.1 Å². The minimum absolute atomic E-state index is 0.00319. The van der Waals surface area contributed by atoms with Crippen LogP contribution in [0.5, 0.6) is 23.0 Å². The number of methoxy groups -OCH3 is 1. The van der Waals surface area contributed by atoms with E-state index in [4.69, 9.17) is 14.2 Å². The minimum Gasteiger partial charge on any atom is -0.504 e. The number of allylic oxidation sites excluding steroid dienone is 1. The van der Waals surface area contributed by atoms with Crippen molar-refractivity contribution in [3.8, 4) is 23.0 Å². The molecular weight excluding hydrogens is 332 g/mol. The van der Waals surface area contributed by atoms with Gasteiger partial charge in [0.2, 0.25) is 0 Å². The number of aromatic hydroxyl groups is 1. The van der Waals surface area contributed by atoms with Gasteiger partial charge in [-0.1, -0.05) is 0 Å². The summed E-state index contributed by atoms with van der Waals surface area (Å²) in [7, 11) is 1.44. The van der Waals surface area contributed by atoms with Gasteiger partial charge in [0, 0.05) is 23.1 Å². The van der Waals surface area contributed by atoms with Crippen molar-refractivity contribution in [1.82, 2.24) is 0 Å². The highest BCUT2D eigenvalue weighted by molar-refractivity contribution is 6.07. The van der Waals surface area contributed by atoms with Crippen molar-refractivity contribution in [1.29, 1.82) is 0 Å². The summed E-state index contributed by atoms with van der Waals surface area (Å²) in [6.07, 6.45) is 4.20. The van der Waals surface area contributed by atoms with E-state index in [1.165, 1.54) is 25.3 Å². The average molecular weight is 354 g/mol. The lowest BCUT2D eigenvalue weighted by Crippen LogP contribution is -2.05. The lowest BCUT2D eigenvalue weighted by molar-refractivity contribution is 0.104. The van der Waals surface area contributed by atoms with Crippen LogP contribution in [0.3, 0.4) is 0 Å². The maximum atomic E-state index is 12.5. The molecular formula is C21H22O5. The topological polar surface area (TPSA) is 65.0 Å². The Balaban J connectivity index is 1.88. The summed E-state index contributed by atoms with van der Waals surface area (Å²) < 4.78 is 16.6. The molecule has 1 heterocycles. The van der Waals surface area contributed by atoms with Crippen molar-refractivity contribution in [3.05, 3.63) is 53.1 Å². The number of fused-ring (bicyclic) bond motifs is 1. The van der Waals surface area contributed by atoms with E-state index < -0.39 is 0 Å².